The average Bonchev–Trinajstić information content (AvgIpc) is 2.87. The third-order valence-electron chi connectivity index (χ3n) is 2.70. The van der Waals surface area contributed by atoms with E-state index < -0.39 is 0 Å². The molecule has 3 aromatic rings. The van der Waals surface area contributed by atoms with Gasteiger partial charge in [0, 0.05) is 23.6 Å². The SMILES string of the molecule is N#Cc1ccc(Cl)cc1Nc1nc(Br)cn2ccnc12. The second-order valence-electron chi connectivity index (χ2n) is 4.00. The van der Waals surface area contributed by atoms with Crippen LogP contribution in [0.2, 0.25) is 5.02 Å². The molecule has 2 aromatic heterocycles. The van der Waals surface area contributed by atoms with Crippen LogP contribution in [0.3, 0.4) is 0 Å². The van der Waals surface area contributed by atoms with Crippen LogP contribution in [0.5, 0.6) is 0 Å². The molecule has 0 atom stereocenters. The van der Waals surface area contributed by atoms with Gasteiger partial charge in [-0.05, 0) is 34.1 Å². The third kappa shape index (κ3) is 2.33. The van der Waals surface area contributed by atoms with Crippen LogP contribution in [0.1, 0.15) is 5.56 Å². The van der Waals surface area contributed by atoms with E-state index in [0.29, 0.717) is 32.3 Å². The number of hydrogen-bond donors (Lipinski definition) is 1. The average molecular weight is 349 g/mol. The molecule has 0 fully saturated rings. The molecule has 20 heavy (non-hydrogen) atoms. The van der Waals surface area contributed by atoms with Crippen molar-refractivity contribution in [1.29, 1.82) is 5.26 Å². The molecule has 0 radical (unpaired) electrons. The minimum atomic E-state index is 0.487. The summed E-state index contributed by atoms with van der Waals surface area (Å²) < 4.78 is 2.49. The lowest BCUT2D eigenvalue weighted by Crippen LogP contribution is -2.00. The van der Waals surface area contributed by atoms with E-state index in [9.17, 15) is 0 Å². The molecule has 7 heteroatoms. The molecule has 1 aromatic carbocycles. The molecular weight excluding hydrogens is 342 g/mol. The fourth-order valence-corrected chi connectivity index (χ4v) is 2.40. The smallest absolute Gasteiger partial charge is 0.180 e. The fourth-order valence-electron chi connectivity index (χ4n) is 1.83. The van der Waals surface area contributed by atoms with Crippen LogP contribution < -0.4 is 5.32 Å². The highest BCUT2D eigenvalue weighted by Gasteiger charge is 2.09. The Bertz CT molecular complexity index is 836. The number of hydrogen-bond acceptors (Lipinski definition) is 4. The summed E-state index contributed by atoms with van der Waals surface area (Å²) in [4.78, 5) is 8.58. The largest absolute Gasteiger partial charge is 0.336 e. The van der Waals surface area contributed by atoms with Gasteiger partial charge in [0.2, 0.25) is 0 Å². The van der Waals surface area contributed by atoms with Crippen LogP contribution in [0.4, 0.5) is 11.5 Å². The topological polar surface area (TPSA) is 66.0 Å². The summed E-state index contributed by atoms with van der Waals surface area (Å²) in [6.45, 7) is 0. The van der Waals surface area contributed by atoms with Crippen molar-refractivity contribution in [3.8, 4) is 6.07 Å². The molecule has 0 saturated heterocycles. The van der Waals surface area contributed by atoms with Crippen LogP contribution in [0, 0.1) is 11.3 Å². The van der Waals surface area contributed by atoms with Gasteiger partial charge in [-0.15, -0.1) is 0 Å². The number of nitrogens with zero attached hydrogens (tertiary/aromatic N) is 4. The molecule has 0 bridgehead atoms. The lowest BCUT2D eigenvalue weighted by Gasteiger charge is -2.09. The molecular formula is C13H7BrClN5. The Labute approximate surface area is 128 Å². The van der Waals surface area contributed by atoms with Crippen LogP contribution in [0.25, 0.3) is 5.65 Å². The van der Waals surface area contributed by atoms with E-state index in [1.54, 1.807) is 30.6 Å². The van der Waals surface area contributed by atoms with Crippen molar-refractivity contribution in [3.63, 3.8) is 0 Å². The predicted octanol–water partition coefficient (Wildman–Crippen LogP) is 3.76. The molecule has 0 aliphatic rings. The normalized spacial score (nSPS) is 10.4. The molecule has 98 valence electrons. The standard InChI is InChI=1S/C13H7BrClN5/c14-11-7-20-4-3-17-13(20)12(19-11)18-10-5-9(15)2-1-8(10)6-16/h1-5,7H,(H,18,19). The number of halogens is 2. The van der Waals surface area contributed by atoms with Crippen molar-refractivity contribution in [3.05, 3.63) is 52.0 Å². The zero-order valence-corrected chi connectivity index (χ0v) is 12.4. The van der Waals surface area contributed by atoms with E-state index >= 15 is 0 Å². The molecule has 3 rings (SSSR count). The van der Waals surface area contributed by atoms with Crippen molar-refractivity contribution in [2.45, 2.75) is 0 Å². The summed E-state index contributed by atoms with van der Waals surface area (Å²) in [5, 5.41) is 12.8. The maximum absolute atomic E-state index is 9.13. The molecule has 0 aliphatic heterocycles. The Balaban J connectivity index is 2.12. The van der Waals surface area contributed by atoms with Gasteiger partial charge >= 0.3 is 0 Å². The zero-order valence-electron chi connectivity index (χ0n) is 10.0. The molecule has 1 N–H and O–H groups in total. The molecule has 0 amide bonds. The highest BCUT2D eigenvalue weighted by molar-refractivity contribution is 9.10. The highest BCUT2D eigenvalue weighted by Crippen LogP contribution is 2.26. The summed E-state index contributed by atoms with van der Waals surface area (Å²) in [6, 6.07) is 7.12. The van der Waals surface area contributed by atoms with E-state index in [4.69, 9.17) is 16.9 Å². The third-order valence-corrected chi connectivity index (χ3v) is 3.32. The number of imidazole rings is 1. The van der Waals surface area contributed by atoms with Gasteiger partial charge in [0.15, 0.2) is 11.5 Å². The molecule has 5 nitrogen and oxygen atoms in total. The number of aromatic nitrogens is 3. The first-order chi connectivity index (χ1) is 9.67. The second-order valence-corrected chi connectivity index (χ2v) is 5.25. The number of rotatable bonds is 2. The first-order valence-electron chi connectivity index (χ1n) is 5.63. The molecule has 0 unspecified atom stereocenters. The molecule has 0 spiro atoms. The number of nitrogens with one attached hydrogen (secondary N) is 1. The Hall–Kier alpha value is -2.10. The fraction of sp³-hybridized carbons (Fsp3) is 0. The van der Waals surface area contributed by atoms with Crippen LogP contribution in [-0.4, -0.2) is 14.4 Å². The van der Waals surface area contributed by atoms with Crippen LogP contribution in [-0.2, 0) is 0 Å². The minimum absolute atomic E-state index is 0.487. The van der Waals surface area contributed by atoms with Gasteiger partial charge in [-0.25, -0.2) is 9.97 Å². The maximum atomic E-state index is 9.13. The monoisotopic (exact) mass is 347 g/mol. The summed E-state index contributed by atoms with van der Waals surface area (Å²) in [6.07, 6.45) is 5.30. The number of anilines is 2. The van der Waals surface area contributed by atoms with Crippen LogP contribution in [0.15, 0.2) is 41.4 Å². The summed E-state index contributed by atoms with van der Waals surface area (Å²) in [7, 11) is 0. The first-order valence-corrected chi connectivity index (χ1v) is 6.80. The number of nitriles is 1. The van der Waals surface area contributed by atoms with Crippen molar-refractivity contribution >= 4 is 44.7 Å². The van der Waals surface area contributed by atoms with Gasteiger partial charge in [0.25, 0.3) is 0 Å². The van der Waals surface area contributed by atoms with Gasteiger partial charge < -0.3 is 9.72 Å². The maximum Gasteiger partial charge on any atom is 0.180 e. The van der Waals surface area contributed by atoms with Gasteiger partial charge in [-0.3, -0.25) is 0 Å². The van der Waals surface area contributed by atoms with E-state index in [0.717, 1.165) is 0 Å². The van der Waals surface area contributed by atoms with Crippen molar-refractivity contribution in [2.75, 3.05) is 5.32 Å². The Morgan fingerprint density at radius 2 is 2.25 bits per heavy atom. The lowest BCUT2D eigenvalue weighted by atomic mass is 10.2. The van der Waals surface area contributed by atoms with Crippen molar-refractivity contribution in [2.24, 2.45) is 0 Å². The van der Waals surface area contributed by atoms with Crippen molar-refractivity contribution in [1.82, 2.24) is 14.4 Å². The Kier molecular flexibility index (Phi) is 3.30. The van der Waals surface area contributed by atoms with E-state index in [1.807, 2.05) is 10.6 Å². The second kappa shape index (κ2) is 5.12. The van der Waals surface area contributed by atoms with E-state index in [2.05, 4.69) is 37.3 Å². The molecule has 0 aliphatic carbocycles. The van der Waals surface area contributed by atoms with E-state index in [1.165, 1.54) is 0 Å². The van der Waals surface area contributed by atoms with E-state index in [-0.39, 0.29) is 0 Å². The van der Waals surface area contributed by atoms with Crippen LogP contribution >= 0.6 is 27.5 Å². The summed E-state index contributed by atoms with van der Waals surface area (Å²) in [5.74, 6) is 0.545. The first kappa shape index (κ1) is 12.9. The van der Waals surface area contributed by atoms with Crippen molar-refractivity contribution < 1.29 is 0 Å². The van der Waals surface area contributed by atoms with Gasteiger partial charge in [-0.2, -0.15) is 5.26 Å². The summed E-state index contributed by atoms with van der Waals surface area (Å²) in [5.41, 5.74) is 1.74. The predicted molar refractivity (Wildman–Crippen MR) is 80.1 cm³/mol. The molecule has 2 heterocycles. The highest BCUT2D eigenvalue weighted by atomic mass is 79.9. The number of fused-ring (bicyclic) bond motifs is 1. The van der Waals surface area contributed by atoms with Gasteiger partial charge in [0.05, 0.1) is 11.3 Å². The minimum Gasteiger partial charge on any atom is -0.336 e. The molecule has 0 saturated carbocycles. The van der Waals surface area contributed by atoms with Gasteiger partial charge in [0.1, 0.15) is 10.7 Å². The van der Waals surface area contributed by atoms with Gasteiger partial charge in [-0.1, -0.05) is 11.6 Å². The summed E-state index contributed by atoms with van der Waals surface area (Å²) >= 11 is 9.31. The number of benzene rings is 1. The quantitative estimate of drug-likeness (QED) is 0.766. The Morgan fingerprint density at radius 1 is 1.40 bits per heavy atom. The Morgan fingerprint density at radius 3 is 3.05 bits per heavy atom. The zero-order chi connectivity index (χ0) is 14.1. The lowest BCUT2D eigenvalue weighted by molar-refractivity contribution is 1.10.